The lowest BCUT2D eigenvalue weighted by molar-refractivity contribution is -0.124. The molecule has 0 spiro atoms. The van der Waals surface area contributed by atoms with Crippen LogP contribution in [0.1, 0.15) is 36.3 Å². The van der Waals surface area contributed by atoms with Crippen molar-refractivity contribution in [1.82, 2.24) is 10.2 Å². The molecule has 6 heteroatoms. The summed E-state index contributed by atoms with van der Waals surface area (Å²) in [5.74, 6) is 0.257. The summed E-state index contributed by atoms with van der Waals surface area (Å²) in [6.45, 7) is 2.83. The molecule has 116 valence electrons. The number of carbonyl (C=O) groups is 1. The molecule has 0 bridgehead atoms. The van der Waals surface area contributed by atoms with Gasteiger partial charge in [-0.15, -0.1) is 10.2 Å². The fraction of sp³-hybridized carbons (Fsp3) is 0.438. The molecule has 0 saturated carbocycles. The largest absolute Gasteiger partial charge is 0.368 e. The first-order valence-electron chi connectivity index (χ1n) is 7.52. The van der Waals surface area contributed by atoms with Crippen LogP contribution in [0.2, 0.25) is 0 Å². The zero-order chi connectivity index (χ0) is 15.4. The van der Waals surface area contributed by atoms with Gasteiger partial charge in [0.05, 0.1) is 0 Å². The van der Waals surface area contributed by atoms with Gasteiger partial charge in [-0.05, 0) is 24.3 Å². The third-order valence-corrected chi connectivity index (χ3v) is 4.63. The summed E-state index contributed by atoms with van der Waals surface area (Å²) >= 11 is 1.43. The zero-order valence-corrected chi connectivity index (χ0v) is 13.3. The molecule has 1 aromatic carbocycles. The van der Waals surface area contributed by atoms with Crippen LogP contribution < -0.4 is 5.32 Å². The van der Waals surface area contributed by atoms with Gasteiger partial charge in [0.15, 0.2) is 0 Å². The van der Waals surface area contributed by atoms with E-state index >= 15 is 0 Å². The van der Waals surface area contributed by atoms with Crippen molar-refractivity contribution in [3.05, 3.63) is 40.9 Å². The fourth-order valence-electron chi connectivity index (χ4n) is 2.52. The summed E-state index contributed by atoms with van der Waals surface area (Å²) in [6.07, 6.45) is 2.20. The van der Waals surface area contributed by atoms with Gasteiger partial charge in [0, 0.05) is 13.0 Å². The predicted octanol–water partition coefficient (Wildman–Crippen LogP) is 3.00. The van der Waals surface area contributed by atoms with Crippen molar-refractivity contribution in [3.8, 4) is 0 Å². The number of nitrogens with zero attached hydrogens (tertiary/aromatic N) is 2. The number of ether oxygens (including phenoxy) is 1. The molecule has 2 heterocycles. The number of nitrogens with one attached hydrogen (secondary N) is 1. The summed E-state index contributed by atoms with van der Waals surface area (Å²) in [5.41, 5.74) is 1.28. The Bertz CT molecular complexity index is 623. The first-order valence-corrected chi connectivity index (χ1v) is 8.34. The Labute approximate surface area is 133 Å². The van der Waals surface area contributed by atoms with Crippen molar-refractivity contribution in [2.45, 2.75) is 38.2 Å². The second kappa shape index (κ2) is 6.98. The topological polar surface area (TPSA) is 64.1 Å². The van der Waals surface area contributed by atoms with Crippen LogP contribution in [0.3, 0.4) is 0 Å². The van der Waals surface area contributed by atoms with E-state index < -0.39 is 0 Å². The summed E-state index contributed by atoms with van der Waals surface area (Å²) in [4.78, 5) is 12.0. The number of hydrogen-bond donors (Lipinski definition) is 1. The molecule has 2 aromatic rings. The Morgan fingerprint density at radius 1 is 1.41 bits per heavy atom. The maximum atomic E-state index is 12.0. The number of aromatic nitrogens is 2. The lowest BCUT2D eigenvalue weighted by Gasteiger charge is -2.09. The van der Waals surface area contributed by atoms with E-state index in [0.717, 1.165) is 24.3 Å². The lowest BCUT2D eigenvalue weighted by atomic mass is 9.98. The Hall–Kier alpha value is -1.79. The molecule has 1 N–H and O–H groups in total. The maximum absolute atomic E-state index is 12.0. The molecule has 1 saturated heterocycles. The third-order valence-electron chi connectivity index (χ3n) is 3.77. The van der Waals surface area contributed by atoms with E-state index in [1.807, 2.05) is 18.2 Å². The van der Waals surface area contributed by atoms with Gasteiger partial charge < -0.3 is 4.74 Å². The molecule has 22 heavy (non-hydrogen) atoms. The highest BCUT2D eigenvalue weighted by Gasteiger charge is 2.24. The highest BCUT2D eigenvalue weighted by molar-refractivity contribution is 7.15. The molecule has 1 aromatic heterocycles. The summed E-state index contributed by atoms with van der Waals surface area (Å²) in [6, 6.07) is 10.3. The van der Waals surface area contributed by atoms with Crippen LogP contribution in [-0.2, 0) is 16.0 Å². The molecule has 0 unspecified atom stereocenters. The fourth-order valence-corrected chi connectivity index (χ4v) is 3.39. The van der Waals surface area contributed by atoms with E-state index in [9.17, 15) is 4.79 Å². The summed E-state index contributed by atoms with van der Waals surface area (Å²) < 4.78 is 5.36. The smallest absolute Gasteiger partial charge is 0.255 e. The van der Waals surface area contributed by atoms with Gasteiger partial charge in [0.1, 0.15) is 11.1 Å². The van der Waals surface area contributed by atoms with Gasteiger partial charge in [0.2, 0.25) is 5.13 Å². The SMILES string of the molecule is C[C@H](Cc1nnc(NC(=O)[C@H]2CCCO2)s1)c1ccccc1. The normalized spacial score (nSPS) is 19.0. The van der Waals surface area contributed by atoms with Crippen LogP contribution in [-0.4, -0.2) is 28.8 Å². The molecular formula is C16H19N3O2S. The van der Waals surface area contributed by atoms with Crippen molar-refractivity contribution in [2.24, 2.45) is 0 Å². The molecule has 1 aliphatic heterocycles. The highest BCUT2D eigenvalue weighted by Crippen LogP contribution is 2.24. The van der Waals surface area contributed by atoms with Crippen LogP contribution in [0, 0.1) is 0 Å². The van der Waals surface area contributed by atoms with E-state index in [0.29, 0.717) is 17.7 Å². The van der Waals surface area contributed by atoms with Crippen LogP contribution in [0.4, 0.5) is 5.13 Å². The molecule has 1 fully saturated rings. The van der Waals surface area contributed by atoms with Crippen LogP contribution in [0.15, 0.2) is 30.3 Å². The number of amides is 1. The molecule has 1 amide bonds. The molecule has 5 nitrogen and oxygen atoms in total. The Morgan fingerprint density at radius 2 is 2.23 bits per heavy atom. The number of hydrogen-bond acceptors (Lipinski definition) is 5. The standard InChI is InChI=1S/C16H19N3O2S/c1-11(12-6-3-2-4-7-12)10-14-18-19-16(22-14)17-15(20)13-8-5-9-21-13/h2-4,6-7,11,13H,5,8-10H2,1H3,(H,17,19,20)/t11-,13-/m1/s1. The third kappa shape index (κ3) is 3.69. The summed E-state index contributed by atoms with van der Waals surface area (Å²) in [5, 5.41) is 12.5. The zero-order valence-electron chi connectivity index (χ0n) is 12.5. The monoisotopic (exact) mass is 317 g/mol. The minimum Gasteiger partial charge on any atom is -0.368 e. The van der Waals surface area contributed by atoms with E-state index in [1.54, 1.807) is 0 Å². The van der Waals surface area contributed by atoms with Gasteiger partial charge in [0.25, 0.3) is 5.91 Å². The van der Waals surface area contributed by atoms with E-state index in [2.05, 4.69) is 34.6 Å². The van der Waals surface area contributed by atoms with Gasteiger partial charge >= 0.3 is 0 Å². The Kier molecular flexibility index (Phi) is 4.80. The quantitative estimate of drug-likeness (QED) is 0.921. The lowest BCUT2D eigenvalue weighted by Crippen LogP contribution is -2.26. The highest BCUT2D eigenvalue weighted by atomic mass is 32.1. The summed E-state index contributed by atoms with van der Waals surface area (Å²) in [7, 11) is 0. The minimum atomic E-state index is -0.337. The second-order valence-corrected chi connectivity index (χ2v) is 6.57. The molecular weight excluding hydrogens is 298 g/mol. The first-order chi connectivity index (χ1) is 10.7. The molecule has 2 atom stereocenters. The van der Waals surface area contributed by atoms with Crippen molar-refractivity contribution in [3.63, 3.8) is 0 Å². The van der Waals surface area contributed by atoms with Crippen LogP contribution in [0.25, 0.3) is 0 Å². The van der Waals surface area contributed by atoms with Gasteiger partial charge in [-0.2, -0.15) is 0 Å². The van der Waals surface area contributed by atoms with E-state index in [1.165, 1.54) is 16.9 Å². The predicted molar refractivity (Wildman–Crippen MR) is 86.1 cm³/mol. The molecule has 3 rings (SSSR count). The van der Waals surface area contributed by atoms with E-state index in [4.69, 9.17) is 4.74 Å². The average Bonchev–Trinajstić information content (AvgIpc) is 3.20. The Balaban J connectivity index is 1.58. The molecule has 0 radical (unpaired) electrons. The minimum absolute atomic E-state index is 0.115. The molecule has 1 aliphatic rings. The van der Waals surface area contributed by atoms with Crippen LogP contribution >= 0.6 is 11.3 Å². The van der Waals surface area contributed by atoms with Gasteiger partial charge in [-0.25, -0.2) is 0 Å². The van der Waals surface area contributed by atoms with Crippen LogP contribution in [0.5, 0.6) is 0 Å². The maximum Gasteiger partial charge on any atom is 0.255 e. The number of benzene rings is 1. The van der Waals surface area contributed by atoms with E-state index in [-0.39, 0.29) is 12.0 Å². The first kappa shape index (κ1) is 15.1. The second-order valence-electron chi connectivity index (χ2n) is 5.51. The van der Waals surface area contributed by atoms with Gasteiger partial charge in [-0.1, -0.05) is 48.6 Å². The van der Waals surface area contributed by atoms with Gasteiger partial charge in [-0.3, -0.25) is 10.1 Å². The Morgan fingerprint density at radius 3 is 2.95 bits per heavy atom. The number of rotatable bonds is 5. The number of carbonyl (C=O) groups excluding carboxylic acids is 1. The van der Waals surface area contributed by atoms with Crippen molar-refractivity contribution in [1.29, 1.82) is 0 Å². The van der Waals surface area contributed by atoms with Crippen molar-refractivity contribution < 1.29 is 9.53 Å². The van der Waals surface area contributed by atoms with Crippen molar-refractivity contribution in [2.75, 3.05) is 11.9 Å². The van der Waals surface area contributed by atoms with Crippen molar-refractivity contribution >= 4 is 22.4 Å². The number of anilines is 1. The average molecular weight is 317 g/mol. The molecule has 0 aliphatic carbocycles.